The summed E-state index contributed by atoms with van der Waals surface area (Å²) in [5.74, 6) is -0.140. The van der Waals surface area contributed by atoms with Crippen molar-refractivity contribution in [2.45, 2.75) is 12.8 Å². The van der Waals surface area contributed by atoms with E-state index in [1.165, 1.54) is 16.7 Å². The fraction of sp³-hybridized carbons (Fsp3) is 0.100. The second-order valence-corrected chi connectivity index (χ2v) is 7.98. The Morgan fingerprint density at radius 2 is 1.20 bits per heavy atom. The van der Waals surface area contributed by atoms with Crippen molar-refractivity contribution in [3.8, 4) is 11.1 Å². The van der Waals surface area contributed by atoms with Gasteiger partial charge < -0.3 is 0 Å². The smallest absolute Gasteiger partial charge is 0.0809 e. The van der Waals surface area contributed by atoms with E-state index in [0.717, 1.165) is 11.1 Å². The van der Waals surface area contributed by atoms with Crippen LogP contribution < -0.4 is 0 Å². The van der Waals surface area contributed by atoms with Gasteiger partial charge in [0.2, 0.25) is 0 Å². The van der Waals surface area contributed by atoms with Gasteiger partial charge in [-0.1, -0.05) is 106 Å². The molecular weight excluding hydrogens is 417 g/mol. The number of rotatable bonds is 1. The van der Waals surface area contributed by atoms with Gasteiger partial charge in [-0.05, 0) is 29.2 Å². The topological polar surface area (TPSA) is 0 Å². The second kappa shape index (κ2) is 6.37. The van der Waals surface area contributed by atoms with Gasteiger partial charge in [-0.2, -0.15) is 0 Å². The van der Waals surface area contributed by atoms with E-state index in [1.54, 1.807) is 0 Å². The highest BCUT2D eigenvalue weighted by atomic mass is 35.5. The van der Waals surface area contributed by atoms with E-state index in [4.69, 9.17) is 58.0 Å². The first-order valence-corrected chi connectivity index (χ1v) is 9.52. The van der Waals surface area contributed by atoms with E-state index < -0.39 is 0 Å². The summed E-state index contributed by atoms with van der Waals surface area (Å²) >= 11 is 31.9. The summed E-state index contributed by atoms with van der Waals surface area (Å²) in [6.45, 7) is 2.08. The summed E-state index contributed by atoms with van der Waals surface area (Å²) in [5.41, 5.74) is 6.48. The third-order valence-corrected chi connectivity index (χ3v) is 6.92. The fourth-order valence-electron chi connectivity index (χ4n) is 3.50. The molecule has 126 valence electrons. The minimum absolute atomic E-state index is 0.140. The number of aryl methyl sites for hydroxylation is 1. The number of fused-ring (bicyclic) bond motifs is 3. The number of benzene rings is 3. The maximum atomic E-state index is 6.56. The van der Waals surface area contributed by atoms with E-state index >= 15 is 0 Å². The van der Waals surface area contributed by atoms with Crippen LogP contribution >= 0.6 is 58.0 Å². The zero-order chi connectivity index (χ0) is 17.9. The molecule has 5 heteroatoms. The van der Waals surface area contributed by atoms with Crippen LogP contribution in [0.25, 0.3) is 11.1 Å². The summed E-state index contributed by atoms with van der Waals surface area (Å²) in [6.07, 6.45) is 0. The molecule has 1 atom stereocenters. The Balaban J connectivity index is 2.09. The molecule has 0 saturated heterocycles. The Bertz CT molecular complexity index is 994. The lowest BCUT2D eigenvalue weighted by atomic mass is 9.89. The van der Waals surface area contributed by atoms with Gasteiger partial charge in [0.05, 0.1) is 25.1 Å². The Kier molecular flexibility index (Phi) is 4.46. The summed E-state index contributed by atoms with van der Waals surface area (Å²) in [6, 6.07) is 14.6. The van der Waals surface area contributed by atoms with Gasteiger partial charge in [0.15, 0.2) is 0 Å². The molecule has 0 bridgehead atoms. The number of hydrogen-bond acceptors (Lipinski definition) is 0. The third kappa shape index (κ3) is 2.59. The molecule has 3 aromatic carbocycles. The van der Waals surface area contributed by atoms with E-state index in [9.17, 15) is 0 Å². The lowest BCUT2D eigenvalue weighted by Crippen LogP contribution is -2.03. The van der Waals surface area contributed by atoms with Crippen LogP contribution in [0.3, 0.4) is 0 Å². The minimum Gasteiger partial charge on any atom is -0.0823 e. The summed E-state index contributed by atoms with van der Waals surface area (Å²) in [7, 11) is 0. The van der Waals surface area contributed by atoms with Crippen LogP contribution in [0.1, 0.15) is 28.2 Å². The molecule has 3 aromatic rings. The van der Waals surface area contributed by atoms with Gasteiger partial charge in [-0.3, -0.25) is 0 Å². The van der Waals surface area contributed by atoms with Crippen LogP contribution in [0.5, 0.6) is 0 Å². The average molecular weight is 429 g/mol. The Hall–Kier alpha value is -0.890. The Morgan fingerprint density at radius 3 is 1.88 bits per heavy atom. The highest BCUT2D eigenvalue weighted by Gasteiger charge is 2.34. The predicted octanol–water partition coefficient (Wildman–Crippen LogP) is 8.42. The van der Waals surface area contributed by atoms with Crippen molar-refractivity contribution in [2.24, 2.45) is 0 Å². The van der Waals surface area contributed by atoms with Crippen molar-refractivity contribution >= 4 is 58.0 Å². The van der Waals surface area contributed by atoms with Gasteiger partial charge in [0, 0.05) is 11.5 Å². The quantitative estimate of drug-likeness (QED) is 0.211. The van der Waals surface area contributed by atoms with Crippen molar-refractivity contribution in [2.75, 3.05) is 0 Å². The monoisotopic (exact) mass is 426 g/mol. The standard InChI is InChI=1S/C20H11Cl5/c1-9-6-7-12-13(8-9)10-4-2-3-5-11(10)14(12)15-16(21)18(23)20(25)19(24)17(15)22/h2-8,14H,1H3. The fourth-order valence-corrected chi connectivity index (χ4v) is 4.87. The van der Waals surface area contributed by atoms with E-state index in [-0.39, 0.29) is 21.0 Å². The summed E-state index contributed by atoms with van der Waals surface area (Å²) < 4.78 is 0. The van der Waals surface area contributed by atoms with E-state index in [2.05, 4.69) is 37.3 Å². The molecule has 0 aliphatic heterocycles. The molecule has 25 heavy (non-hydrogen) atoms. The first kappa shape index (κ1) is 17.5. The van der Waals surface area contributed by atoms with Gasteiger partial charge in [-0.15, -0.1) is 0 Å². The molecule has 0 aromatic heterocycles. The highest BCUT2D eigenvalue weighted by molar-refractivity contribution is 6.55. The molecular formula is C20H11Cl5. The average Bonchev–Trinajstić information content (AvgIpc) is 2.93. The highest BCUT2D eigenvalue weighted by Crippen LogP contribution is 2.55. The van der Waals surface area contributed by atoms with Gasteiger partial charge in [-0.25, -0.2) is 0 Å². The number of hydrogen-bond donors (Lipinski definition) is 0. The number of halogens is 5. The Labute approximate surface area is 171 Å². The lowest BCUT2D eigenvalue weighted by Gasteiger charge is -2.20. The first-order chi connectivity index (χ1) is 11.9. The molecule has 0 fully saturated rings. The third-order valence-electron chi connectivity index (χ3n) is 4.61. The van der Waals surface area contributed by atoms with Crippen LogP contribution in [-0.2, 0) is 0 Å². The lowest BCUT2D eigenvalue weighted by molar-refractivity contribution is 1.01. The molecule has 0 spiro atoms. The molecule has 0 radical (unpaired) electrons. The van der Waals surface area contributed by atoms with Crippen LogP contribution in [-0.4, -0.2) is 0 Å². The van der Waals surface area contributed by atoms with Crippen molar-refractivity contribution in [1.29, 1.82) is 0 Å². The van der Waals surface area contributed by atoms with Crippen molar-refractivity contribution in [1.82, 2.24) is 0 Å². The van der Waals surface area contributed by atoms with E-state index in [0.29, 0.717) is 15.6 Å². The van der Waals surface area contributed by atoms with Crippen LogP contribution in [0.2, 0.25) is 25.1 Å². The zero-order valence-electron chi connectivity index (χ0n) is 13.0. The second-order valence-electron chi connectivity index (χ2n) is 6.09. The first-order valence-electron chi connectivity index (χ1n) is 7.63. The SMILES string of the molecule is Cc1ccc2c(c1)-c1ccccc1C2c1c(Cl)c(Cl)c(Cl)c(Cl)c1Cl. The molecule has 0 heterocycles. The van der Waals surface area contributed by atoms with Crippen molar-refractivity contribution in [3.05, 3.63) is 89.8 Å². The molecule has 4 rings (SSSR count). The van der Waals surface area contributed by atoms with Crippen molar-refractivity contribution < 1.29 is 0 Å². The molecule has 0 amide bonds. The molecule has 1 aliphatic carbocycles. The van der Waals surface area contributed by atoms with Crippen molar-refractivity contribution in [3.63, 3.8) is 0 Å². The molecule has 0 N–H and O–H groups in total. The zero-order valence-corrected chi connectivity index (χ0v) is 16.8. The summed E-state index contributed by atoms with van der Waals surface area (Å²) in [5, 5.41) is 1.32. The minimum atomic E-state index is -0.140. The molecule has 1 unspecified atom stereocenters. The normalized spacial score (nSPS) is 15.2. The molecule has 0 saturated carbocycles. The van der Waals surface area contributed by atoms with Gasteiger partial charge in [0.25, 0.3) is 0 Å². The predicted molar refractivity (Wildman–Crippen MR) is 109 cm³/mol. The van der Waals surface area contributed by atoms with Gasteiger partial charge >= 0.3 is 0 Å². The molecule has 0 nitrogen and oxygen atoms in total. The van der Waals surface area contributed by atoms with Crippen LogP contribution in [0.15, 0.2) is 42.5 Å². The summed E-state index contributed by atoms with van der Waals surface area (Å²) in [4.78, 5) is 0. The maximum Gasteiger partial charge on any atom is 0.0809 e. The van der Waals surface area contributed by atoms with Crippen LogP contribution in [0, 0.1) is 6.92 Å². The molecule has 1 aliphatic rings. The largest absolute Gasteiger partial charge is 0.0823 e. The Morgan fingerprint density at radius 1 is 0.640 bits per heavy atom. The van der Waals surface area contributed by atoms with Gasteiger partial charge in [0.1, 0.15) is 0 Å². The van der Waals surface area contributed by atoms with Crippen LogP contribution in [0.4, 0.5) is 0 Å². The maximum absolute atomic E-state index is 6.56. The van der Waals surface area contributed by atoms with E-state index in [1.807, 2.05) is 12.1 Å².